The lowest BCUT2D eigenvalue weighted by molar-refractivity contribution is -0.128. The Morgan fingerprint density at radius 3 is 2.62 bits per heavy atom. The minimum absolute atomic E-state index is 0.0823. The molecule has 2 aromatic rings. The van der Waals surface area contributed by atoms with Crippen LogP contribution in [-0.4, -0.2) is 30.3 Å². The Bertz CT molecular complexity index is 711. The molecular weight excluding hydrogens is 382 g/mol. The van der Waals surface area contributed by atoms with Crippen LogP contribution in [0.2, 0.25) is 0 Å². The number of hydrogen-bond acceptors (Lipinski definition) is 5. The molecule has 0 spiro atoms. The summed E-state index contributed by atoms with van der Waals surface area (Å²) in [6.45, 7) is 1.50. The first-order valence-electron chi connectivity index (χ1n) is 7.08. The third-order valence-corrected chi connectivity index (χ3v) is 3.42. The number of hydrogen-bond donors (Lipinski definition) is 3. The zero-order valence-corrected chi connectivity index (χ0v) is 14.4. The van der Waals surface area contributed by atoms with Gasteiger partial charge in [0.15, 0.2) is 10.4 Å². The lowest BCUT2D eigenvalue weighted by atomic mass is 10.3. The van der Waals surface area contributed by atoms with Crippen LogP contribution >= 0.6 is 15.9 Å². The largest absolute Gasteiger partial charge is 0.467 e. The lowest BCUT2D eigenvalue weighted by Gasteiger charge is -2.13. The maximum atomic E-state index is 11.9. The maximum Gasteiger partial charge on any atom is 0.287 e. The monoisotopic (exact) mass is 397 g/mol. The van der Waals surface area contributed by atoms with Crippen molar-refractivity contribution in [1.82, 2.24) is 16.0 Å². The van der Waals surface area contributed by atoms with Crippen molar-refractivity contribution in [3.8, 4) is 0 Å². The van der Waals surface area contributed by atoms with Gasteiger partial charge in [-0.15, -0.1) is 0 Å². The highest BCUT2D eigenvalue weighted by Crippen LogP contribution is 2.13. The minimum Gasteiger partial charge on any atom is -0.467 e. The molecule has 0 saturated heterocycles. The second kappa shape index (κ2) is 8.34. The molecular formula is C15H16BrN3O5. The van der Waals surface area contributed by atoms with E-state index in [1.807, 2.05) is 0 Å². The quantitative estimate of drug-likeness (QED) is 0.649. The highest BCUT2D eigenvalue weighted by atomic mass is 79.9. The zero-order chi connectivity index (χ0) is 17.5. The smallest absolute Gasteiger partial charge is 0.287 e. The Kier molecular flexibility index (Phi) is 6.19. The first-order chi connectivity index (χ1) is 11.5. The number of carbonyl (C=O) groups is 3. The van der Waals surface area contributed by atoms with Crippen LogP contribution in [0.5, 0.6) is 0 Å². The first kappa shape index (κ1) is 17.8. The zero-order valence-electron chi connectivity index (χ0n) is 12.8. The Labute approximate surface area is 146 Å². The van der Waals surface area contributed by atoms with Crippen LogP contribution in [0.1, 0.15) is 23.2 Å². The molecule has 128 valence electrons. The van der Waals surface area contributed by atoms with Crippen LogP contribution in [0, 0.1) is 0 Å². The van der Waals surface area contributed by atoms with Crippen molar-refractivity contribution in [3.05, 3.63) is 46.7 Å². The predicted molar refractivity (Wildman–Crippen MR) is 86.9 cm³/mol. The van der Waals surface area contributed by atoms with Crippen molar-refractivity contribution in [2.45, 2.75) is 19.5 Å². The third kappa shape index (κ3) is 5.27. The summed E-state index contributed by atoms with van der Waals surface area (Å²) in [6, 6.07) is 5.74. The fourth-order valence-electron chi connectivity index (χ4n) is 1.78. The van der Waals surface area contributed by atoms with Crippen LogP contribution in [0.15, 0.2) is 44.0 Å². The second-order valence-corrected chi connectivity index (χ2v) is 5.65. The van der Waals surface area contributed by atoms with Crippen molar-refractivity contribution >= 4 is 33.7 Å². The Morgan fingerprint density at radius 2 is 2.00 bits per heavy atom. The SMILES string of the molecule is C[C@@H](NC(=O)CNC(=O)c1ccc(Br)o1)C(=O)NCc1ccco1. The first-order valence-corrected chi connectivity index (χ1v) is 7.88. The summed E-state index contributed by atoms with van der Waals surface area (Å²) in [7, 11) is 0. The van der Waals surface area contributed by atoms with Crippen LogP contribution in [-0.2, 0) is 16.1 Å². The summed E-state index contributed by atoms with van der Waals surface area (Å²) in [5, 5.41) is 7.51. The Morgan fingerprint density at radius 1 is 1.21 bits per heavy atom. The number of carbonyl (C=O) groups excluding carboxylic acids is 3. The normalized spacial score (nSPS) is 11.6. The Balaban J connectivity index is 1.70. The van der Waals surface area contributed by atoms with E-state index in [9.17, 15) is 14.4 Å². The van der Waals surface area contributed by atoms with Gasteiger partial charge in [0.05, 0.1) is 19.4 Å². The van der Waals surface area contributed by atoms with Crippen molar-refractivity contribution < 1.29 is 23.2 Å². The molecule has 3 amide bonds. The molecule has 0 aliphatic rings. The summed E-state index contributed by atoms with van der Waals surface area (Å²) in [4.78, 5) is 35.3. The molecule has 2 aromatic heterocycles. The van der Waals surface area contributed by atoms with Gasteiger partial charge in [-0.05, 0) is 47.1 Å². The van der Waals surface area contributed by atoms with Gasteiger partial charge in [-0.3, -0.25) is 14.4 Å². The maximum absolute atomic E-state index is 11.9. The van der Waals surface area contributed by atoms with E-state index in [1.165, 1.54) is 12.3 Å². The van der Waals surface area contributed by atoms with E-state index in [2.05, 4.69) is 31.9 Å². The number of amides is 3. The molecule has 0 radical (unpaired) electrons. The number of halogens is 1. The van der Waals surface area contributed by atoms with Crippen molar-refractivity contribution in [3.63, 3.8) is 0 Å². The molecule has 0 aliphatic heterocycles. The van der Waals surface area contributed by atoms with Crippen LogP contribution < -0.4 is 16.0 Å². The number of furan rings is 2. The fraction of sp³-hybridized carbons (Fsp3) is 0.267. The molecule has 0 bridgehead atoms. The molecule has 0 fully saturated rings. The molecule has 2 rings (SSSR count). The van der Waals surface area contributed by atoms with E-state index in [4.69, 9.17) is 8.83 Å². The van der Waals surface area contributed by atoms with Gasteiger partial charge < -0.3 is 24.8 Å². The minimum atomic E-state index is -0.748. The third-order valence-electron chi connectivity index (χ3n) is 2.99. The molecule has 8 nitrogen and oxygen atoms in total. The van der Waals surface area contributed by atoms with E-state index >= 15 is 0 Å². The van der Waals surface area contributed by atoms with Crippen LogP contribution in [0.3, 0.4) is 0 Å². The topological polar surface area (TPSA) is 114 Å². The van der Waals surface area contributed by atoms with Gasteiger partial charge in [0, 0.05) is 0 Å². The standard InChI is InChI=1S/C15H16BrN3O5/c1-9(14(21)17-7-10-3-2-6-23-10)19-13(20)8-18-15(22)11-4-5-12(16)24-11/h2-6,9H,7-8H2,1H3,(H,17,21)(H,18,22)(H,19,20)/t9-/m1/s1. The van der Waals surface area contributed by atoms with Crippen molar-refractivity contribution in [1.29, 1.82) is 0 Å². The lowest BCUT2D eigenvalue weighted by Crippen LogP contribution is -2.47. The number of nitrogens with one attached hydrogen (secondary N) is 3. The van der Waals surface area contributed by atoms with Gasteiger partial charge in [-0.1, -0.05) is 0 Å². The highest BCUT2D eigenvalue weighted by Gasteiger charge is 2.17. The molecule has 3 N–H and O–H groups in total. The van der Waals surface area contributed by atoms with Crippen LogP contribution in [0.4, 0.5) is 0 Å². The molecule has 0 unspecified atom stereocenters. The molecule has 9 heteroatoms. The van der Waals surface area contributed by atoms with Gasteiger partial charge >= 0.3 is 0 Å². The van der Waals surface area contributed by atoms with E-state index in [0.29, 0.717) is 10.4 Å². The summed E-state index contributed by atoms with van der Waals surface area (Å²) in [5.41, 5.74) is 0. The second-order valence-electron chi connectivity index (χ2n) is 4.87. The number of rotatable bonds is 7. The summed E-state index contributed by atoms with van der Waals surface area (Å²) in [6.07, 6.45) is 1.51. The summed E-state index contributed by atoms with van der Waals surface area (Å²) < 4.78 is 10.6. The fourth-order valence-corrected chi connectivity index (χ4v) is 2.09. The molecule has 0 aliphatic carbocycles. The average molecular weight is 398 g/mol. The van der Waals surface area contributed by atoms with E-state index in [1.54, 1.807) is 25.1 Å². The van der Waals surface area contributed by atoms with Crippen molar-refractivity contribution in [2.75, 3.05) is 6.54 Å². The van der Waals surface area contributed by atoms with Gasteiger partial charge in [0.25, 0.3) is 5.91 Å². The van der Waals surface area contributed by atoms with E-state index in [-0.39, 0.29) is 24.8 Å². The van der Waals surface area contributed by atoms with E-state index < -0.39 is 17.9 Å². The molecule has 0 saturated carbocycles. The van der Waals surface area contributed by atoms with Gasteiger partial charge in [0.2, 0.25) is 11.8 Å². The van der Waals surface area contributed by atoms with Gasteiger partial charge in [-0.25, -0.2) is 0 Å². The summed E-state index contributed by atoms with van der Waals surface area (Å²) in [5.74, 6) is -0.681. The van der Waals surface area contributed by atoms with Gasteiger partial charge in [-0.2, -0.15) is 0 Å². The predicted octanol–water partition coefficient (Wildman–Crippen LogP) is 1.19. The average Bonchev–Trinajstić information content (AvgIpc) is 3.21. The highest BCUT2D eigenvalue weighted by molar-refractivity contribution is 9.10. The summed E-state index contributed by atoms with van der Waals surface area (Å²) >= 11 is 3.08. The molecule has 0 aromatic carbocycles. The van der Waals surface area contributed by atoms with Crippen LogP contribution in [0.25, 0.3) is 0 Å². The molecule has 2 heterocycles. The Hall–Kier alpha value is -2.55. The van der Waals surface area contributed by atoms with Crippen molar-refractivity contribution in [2.24, 2.45) is 0 Å². The molecule has 24 heavy (non-hydrogen) atoms. The molecule has 1 atom stereocenters. The van der Waals surface area contributed by atoms with E-state index in [0.717, 1.165) is 0 Å². The van der Waals surface area contributed by atoms with Gasteiger partial charge in [0.1, 0.15) is 11.8 Å².